The number of thiazole rings is 1. The number of halogens is 1. The van der Waals surface area contributed by atoms with E-state index in [9.17, 15) is 9.59 Å². The maximum Gasteiger partial charge on any atom is 0.337 e. The van der Waals surface area contributed by atoms with Crippen LogP contribution in [0, 0.1) is 0 Å². The minimum absolute atomic E-state index is 0.265. The molecule has 1 heterocycles. The number of carbonyl (C=O) groups is 2. The van der Waals surface area contributed by atoms with Gasteiger partial charge in [-0.15, -0.1) is 11.3 Å². The van der Waals surface area contributed by atoms with Crippen molar-refractivity contribution < 1.29 is 14.3 Å². The van der Waals surface area contributed by atoms with E-state index in [0.717, 1.165) is 27.4 Å². The van der Waals surface area contributed by atoms with Crippen molar-refractivity contribution in [3.63, 3.8) is 0 Å². The van der Waals surface area contributed by atoms with Crippen LogP contribution < -0.4 is 5.32 Å². The highest BCUT2D eigenvalue weighted by atomic mass is 35.5. The number of nitrogens with zero attached hydrogens (tertiary/aromatic N) is 1. The van der Waals surface area contributed by atoms with Gasteiger partial charge in [0, 0.05) is 28.3 Å². The molecule has 0 unspecified atom stereocenters. The van der Waals surface area contributed by atoms with E-state index in [1.165, 1.54) is 24.5 Å². The normalized spacial score (nSPS) is 10.8. The molecular weight excluding hydrogens is 456 g/mol. The van der Waals surface area contributed by atoms with Gasteiger partial charge in [-0.2, -0.15) is 0 Å². The van der Waals surface area contributed by atoms with Crippen molar-refractivity contribution in [3.8, 4) is 21.8 Å². The van der Waals surface area contributed by atoms with Crippen molar-refractivity contribution in [1.82, 2.24) is 4.98 Å². The van der Waals surface area contributed by atoms with Crippen molar-refractivity contribution in [2.24, 2.45) is 0 Å². The number of methoxy groups -OCH3 is 1. The van der Waals surface area contributed by atoms with Gasteiger partial charge in [-0.05, 0) is 42.0 Å². The van der Waals surface area contributed by atoms with E-state index in [0.29, 0.717) is 16.3 Å². The van der Waals surface area contributed by atoms with Crippen LogP contribution in [-0.4, -0.2) is 24.0 Å². The van der Waals surface area contributed by atoms with Gasteiger partial charge in [-0.1, -0.05) is 54.1 Å². The lowest BCUT2D eigenvalue weighted by Gasteiger charge is -2.05. The molecule has 3 aromatic carbocycles. The van der Waals surface area contributed by atoms with Gasteiger partial charge in [0.05, 0.1) is 23.4 Å². The molecule has 0 atom stereocenters. The molecule has 0 aliphatic carbocycles. The summed E-state index contributed by atoms with van der Waals surface area (Å²) in [6, 6.07) is 21.9. The molecule has 0 radical (unpaired) electrons. The van der Waals surface area contributed by atoms with Gasteiger partial charge >= 0.3 is 5.97 Å². The monoisotopic (exact) mass is 474 g/mol. The minimum Gasteiger partial charge on any atom is -0.465 e. The number of benzene rings is 3. The van der Waals surface area contributed by atoms with Gasteiger partial charge in [0.25, 0.3) is 0 Å². The molecule has 0 fully saturated rings. The average molecular weight is 475 g/mol. The Hall–Kier alpha value is -3.74. The van der Waals surface area contributed by atoms with Crippen LogP contribution in [0.5, 0.6) is 0 Å². The van der Waals surface area contributed by atoms with Crippen molar-refractivity contribution >= 4 is 46.6 Å². The summed E-state index contributed by atoms with van der Waals surface area (Å²) in [4.78, 5) is 28.6. The fourth-order valence-electron chi connectivity index (χ4n) is 3.12. The van der Waals surface area contributed by atoms with Crippen LogP contribution in [0.2, 0.25) is 5.02 Å². The molecule has 0 saturated carbocycles. The van der Waals surface area contributed by atoms with Gasteiger partial charge in [0.15, 0.2) is 0 Å². The fraction of sp³-hybridized carbons (Fsp3) is 0.0385. The lowest BCUT2D eigenvalue weighted by molar-refractivity contribution is -0.111. The first-order valence-electron chi connectivity index (χ1n) is 10.0. The van der Waals surface area contributed by atoms with Gasteiger partial charge in [0.1, 0.15) is 5.01 Å². The highest BCUT2D eigenvalue weighted by Crippen LogP contribution is 2.33. The number of nitrogens with one attached hydrogen (secondary N) is 1. The van der Waals surface area contributed by atoms with Crippen molar-refractivity contribution in [1.29, 1.82) is 0 Å². The van der Waals surface area contributed by atoms with E-state index in [1.54, 1.807) is 30.3 Å². The average Bonchev–Trinajstić information content (AvgIpc) is 3.33. The van der Waals surface area contributed by atoms with Gasteiger partial charge in [0.2, 0.25) is 5.91 Å². The lowest BCUT2D eigenvalue weighted by atomic mass is 10.1. The number of amides is 1. The molecule has 164 valence electrons. The molecule has 4 aromatic rings. The van der Waals surface area contributed by atoms with E-state index in [1.807, 2.05) is 53.9 Å². The summed E-state index contributed by atoms with van der Waals surface area (Å²) in [5.74, 6) is -0.665. The van der Waals surface area contributed by atoms with E-state index in [4.69, 9.17) is 16.6 Å². The summed E-state index contributed by atoms with van der Waals surface area (Å²) < 4.78 is 4.68. The van der Waals surface area contributed by atoms with Crippen LogP contribution in [0.1, 0.15) is 15.9 Å². The number of rotatable bonds is 6. The van der Waals surface area contributed by atoms with Crippen LogP contribution in [0.4, 0.5) is 5.69 Å². The Morgan fingerprint density at radius 1 is 1.03 bits per heavy atom. The number of ether oxygens (including phenoxy) is 1. The first-order chi connectivity index (χ1) is 16.0. The number of anilines is 1. The quantitative estimate of drug-likeness (QED) is 0.253. The Morgan fingerprint density at radius 2 is 1.82 bits per heavy atom. The Morgan fingerprint density at radius 3 is 2.58 bits per heavy atom. The van der Waals surface area contributed by atoms with E-state index < -0.39 is 5.97 Å². The molecule has 1 amide bonds. The second-order valence-corrected chi connectivity index (χ2v) is 8.30. The molecule has 4 rings (SSSR count). The maximum atomic E-state index is 12.4. The minimum atomic E-state index is -0.401. The largest absolute Gasteiger partial charge is 0.465 e. The molecule has 33 heavy (non-hydrogen) atoms. The number of hydrogen-bond donors (Lipinski definition) is 1. The zero-order valence-corrected chi connectivity index (χ0v) is 19.2. The van der Waals surface area contributed by atoms with Crippen molar-refractivity contribution in [2.75, 3.05) is 12.4 Å². The predicted molar refractivity (Wildman–Crippen MR) is 133 cm³/mol. The second kappa shape index (κ2) is 10.3. The molecule has 0 saturated heterocycles. The molecule has 0 aliphatic rings. The number of esters is 1. The summed E-state index contributed by atoms with van der Waals surface area (Å²) in [5, 5.41) is 6.33. The summed E-state index contributed by atoms with van der Waals surface area (Å²) in [5.41, 5.74) is 4.51. The fourth-order valence-corrected chi connectivity index (χ4v) is 4.27. The summed E-state index contributed by atoms with van der Waals surface area (Å²) in [6.07, 6.45) is 3.12. The topological polar surface area (TPSA) is 68.3 Å². The van der Waals surface area contributed by atoms with Gasteiger partial charge in [-0.3, -0.25) is 4.79 Å². The Balaban J connectivity index is 1.44. The summed E-state index contributed by atoms with van der Waals surface area (Å²) in [7, 11) is 1.34. The highest BCUT2D eigenvalue weighted by Gasteiger charge is 2.10. The van der Waals surface area contributed by atoms with E-state index in [-0.39, 0.29) is 5.91 Å². The standard InChI is InChI=1S/C26H19ClN2O3S/c1-32-26(31)18-12-9-17(10-13-18)11-14-24(30)28-20-6-4-5-19(15-20)23-16-33-25(29-23)21-7-2-3-8-22(21)27/h2-16H,1H3,(H,28,30)/b14-11+. The third-order valence-corrected chi connectivity index (χ3v) is 6.00. The lowest BCUT2D eigenvalue weighted by Crippen LogP contribution is -2.07. The summed E-state index contributed by atoms with van der Waals surface area (Å²) >= 11 is 7.81. The van der Waals surface area contributed by atoms with Gasteiger partial charge < -0.3 is 10.1 Å². The number of aromatic nitrogens is 1. The van der Waals surface area contributed by atoms with Crippen LogP contribution in [0.3, 0.4) is 0 Å². The number of hydrogen-bond acceptors (Lipinski definition) is 5. The Bertz CT molecular complexity index is 1330. The molecule has 0 aliphatic heterocycles. The van der Waals surface area contributed by atoms with Crippen LogP contribution in [0.25, 0.3) is 27.9 Å². The maximum absolute atomic E-state index is 12.4. The zero-order valence-electron chi connectivity index (χ0n) is 17.6. The second-order valence-electron chi connectivity index (χ2n) is 7.03. The predicted octanol–water partition coefficient (Wildman–Crippen LogP) is 6.57. The molecule has 5 nitrogen and oxygen atoms in total. The number of carbonyl (C=O) groups excluding carboxylic acids is 2. The Labute approximate surface area is 200 Å². The summed E-state index contributed by atoms with van der Waals surface area (Å²) in [6.45, 7) is 0. The third-order valence-electron chi connectivity index (χ3n) is 4.79. The molecule has 1 aromatic heterocycles. The molecule has 0 spiro atoms. The van der Waals surface area contributed by atoms with Crippen LogP contribution >= 0.6 is 22.9 Å². The zero-order chi connectivity index (χ0) is 23.2. The Kier molecular flexibility index (Phi) is 6.98. The first kappa shape index (κ1) is 22.5. The van der Waals surface area contributed by atoms with Crippen LogP contribution in [0.15, 0.2) is 84.3 Å². The molecule has 7 heteroatoms. The van der Waals surface area contributed by atoms with E-state index >= 15 is 0 Å². The smallest absolute Gasteiger partial charge is 0.337 e. The van der Waals surface area contributed by atoms with Gasteiger partial charge in [-0.25, -0.2) is 9.78 Å². The SMILES string of the molecule is COC(=O)c1ccc(/C=C/C(=O)Nc2cccc(-c3csc(-c4ccccc4Cl)n3)c2)cc1. The molecular formula is C26H19ClN2O3S. The third kappa shape index (κ3) is 5.55. The van der Waals surface area contributed by atoms with E-state index in [2.05, 4.69) is 10.1 Å². The van der Waals surface area contributed by atoms with Crippen LogP contribution in [-0.2, 0) is 9.53 Å². The van der Waals surface area contributed by atoms with Crippen molar-refractivity contribution in [2.45, 2.75) is 0 Å². The van der Waals surface area contributed by atoms with Crippen molar-refractivity contribution in [3.05, 3.63) is 100 Å². The molecule has 1 N–H and O–H groups in total. The first-order valence-corrected chi connectivity index (χ1v) is 11.3. The molecule has 0 bridgehead atoms. The highest BCUT2D eigenvalue weighted by molar-refractivity contribution is 7.13.